The maximum atomic E-state index is 9.16. The third-order valence-corrected chi connectivity index (χ3v) is 3.02. The standard InChI is InChI=1S/C13H24O2/c1-10(14)9-15-11(2)12-6-5-7-13(3,4)8-12/h6,10-11,14H,5,7-9H2,1-4H3. The van der Waals surface area contributed by atoms with Crippen molar-refractivity contribution >= 4 is 0 Å². The quantitative estimate of drug-likeness (QED) is 0.726. The third-order valence-electron chi connectivity index (χ3n) is 3.02. The molecule has 2 unspecified atom stereocenters. The summed E-state index contributed by atoms with van der Waals surface area (Å²) in [6.45, 7) is 8.88. The van der Waals surface area contributed by atoms with Gasteiger partial charge in [0.25, 0.3) is 0 Å². The number of hydrogen-bond donors (Lipinski definition) is 1. The van der Waals surface area contributed by atoms with E-state index in [4.69, 9.17) is 9.84 Å². The van der Waals surface area contributed by atoms with E-state index in [1.165, 1.54) is 12.0 Å². The van der Waals surface area contributed by atoms with Gasteiger partial charge in [0.1, 0.15) is 0 Å². The number of aliphatic hydroxyl groups is 1. The molecule has 0 aromatic heterocycles. The molecule has 2 nitrogen and oxygen atoms in total. The van der Waals surface area contributed by atoms with Crippen molar-refractivity contribution in [3.05, 3.63) is 11.6 Å². The van der Waals surface area contributed by atoms with Crippen LogP contribution in [0.1, 0.15) is 47.0 Å². The van der Waals surface area contributed by atoms with E-state index in [-0.39, 0.29) is 12.2 Å². The van der Waals surface area contributed by atoms with Crippen LogP contribution in [0.5, 0.6) is 0 Å². The normalized spacial score (nSPS) is 24.5. The van der Waals surface area contributed by atoms with E-state index in [0.717, 1.165) is 12.8 Å². The number of ether oxygens (including phenoxy) is 1. The van der Waals surface area contributed by atoms with Gasteiger partial charge in [-0.1, -0.05) is 19.9 Å². The van der Waals surface area contributed by atoms with Crippen molar-refractivity contribution in [2.24, 2.45) is 5.41 Å². The van der Waals surface area contributed by atoms with Crippen molar-refractivity contribution < 1.29 is 9.84 Å². The molecule has 0 heterocycles. The second-order valence-corrected chi connectivity index (χ2v) is 5.48. The highest BCUT2D eigenvalue weighted by atomic mass is 16.5. The number of allylic oxidation sites excluding steroid dienone is 1. The highest BCUT2D eigenvalue weighted by Crippen LogP contribution is 2.36. The maximum absolute atomic E-state index is 9.16. The summed E-state index contributed by atoms with van der Waals surface area (Å²) in [5, 5.41) is 9.16. The second kappa shape index (κ2) is 5.13. The molecule has 1 rings (SSSR count). The van der Waals surface area contributed by atoms with Crippen LogP contribution < -0.4 is 0 Å². The SMILES string of the molecule is CC(O)COC(C)C1=CCCC(C)(C)C1. The molecule has 0 spiro atoms. The molecule has 0 aromatic rings. The van der Waals surface area contributed by atoms with Crippen LogP contribution in [0.4, 0.5) is 0 Å². The molecule has 0 bridgehead atoms. The van der Waals surface area contributed by atoms with Crippen LogP contribution in [0.25, 0.3) is 0 Å². The van der Waals surface area contributed by atoms with E-state index >= 15 is 0 Å². The van der Waals surface area contributed by atoms with Crippen LogP contribution in [-0.2, 0) is 4.74 Å². The summed E-state index contributed by atoms with van der Waals surface area (Å²) in [6.07, 6.45) is 5.62. The molecule has 2 atom stereocenters. The lowest BCUT2D eigenvalue weighted by molar-refractivity contribution is 0.0163. The molecule has 1 N–H and O–H groups in total. The zero-order valence-electron chi connectivity index (χ0n) is 10.4. The minimum absolute atomic E-state index is 0.152. The average Bonchev–Trinajstić information content (AvgIpc) is 2.12. The van der Waals surface area contributed by atoms with Crippen molar-refractivity contribution in [1.29, 1.82) is 0 Å². The third kappa shape index (κ3) is 4.35. The topological polar surface area (TPSA) is 29.5 Å². The molecular formula is C13H24O2. The summed E-state index contributed by atoms with van der Waals surface area (Å²) >= 11 is 0. The molecular weight excluding hydrogens is 188 g/mol. The van der Waals surface area contributed by atoms with Crippen molar-refractivity contribution in [2.45, 2.75) is 59.2 Å². The van der Waals surface area contributed by atoms with E-state index in [0.29, 0.717) is 12.0 Å². The fourth-order valence-electron chi connectivity index (χ4n) is 2.06. The molecule has 2 heteroatoms. The zero-order chi connectivity index (χ0) is 11.5. The minimum atomic E-state index is -0.371. The fourth-order valence-corrected chi connectivity index (χ4v) is 2.06. The molecule has 0 saturated carbocycles. The van der Waals surface area contributed by atoms with E-state index in [9.17, 15) is 0 Å². The van der Waals surface area contributed by atoms with Gasteiger partial charge in [-0.15, -0.1) is 0 Å². The van der Waals surface area contributed by atoms with Gasteiger partial charge in [0.2, 0.25) is 0 Å². The Hall–Kier alpha value is -0.340. The molecule has 1 aliphatic rings. The van der Waals surface area contributed by atoms with Crippen molar-refractivity contribution in [1.82, 2.24) is 0 Å². The summed E-state index contributed by atoms with van der Waals surface area (Å²) in [4.78, 5) is 0. The molecule has 0 fully saturated rings. The Labute approximate surface area is 93.3 Å². The van der Waals surface area contributed by atoms with E-state index in [1.807, 2.05) is 0 Å². The molecule has 15 heavy (non-hydrogen) atoms. The molecule has 0 aromatic carbocycles. The lowest BCUT2D eigenvalue weighted by Crippen LogP contribution is -2.24. The van der Waals surface area contributed by atoms with Gasteiger partial charge < -0.3 is 9.84 Å². The van der Waals surface area contributed by atoms with Crippen LogP contribution in [-0.4, -0.2) is 23.9 Å². The first-order valence-corrected chi connectivity index (χ1v) is 5.89. The molecule has 0 aliphatic heterocycles. The Morgan fingerprint density at radius 2 is 2.13 bits per heavy atom. The fraction of sp³-hybridized carbons (Fsp3) is 0.846. The molecule has 0 radical (unpaired) electrons. The summed E-state index contributed by atoms with van der Waals surface area (Å²) in [7, 11) is 0. The van der Waals surface area contributed by atoms with Gasteiger partial charge in [-0.2, -0.15) is 0 Å². The van der Waals surface area contributed by atoms with Gasteiger partial charge in [0.05, 0.1) is 18.8 Å². The van der Waals surface area contributed by atoms with Crippen molar-refractivity contribution in [2.75, 3.05) is 6.61 Å². The lowest BCUT2D eigenvalue weighted by atomic mass is 9.76. The number of hydrogen-bond acceptors (Lipinski definition) is 2. The Balaban J connectivity index is 2.45. The Morgan fingerprint density at radius 3 is 2.67 bits per heavy atom. The minimum Gasteiger partial charge on any atom is -0.391 e. The summed E-state index contributed by atoms with van der Waals surface area (Å²) in [6, 6.07) is 0. The summed E-state index contributed by atoms with van der Waals surface area (Å²) < 4.78 is 5.62. The first-order valence-electron chi connectivity index (χ1n) is 5.89. The predicted octanol–water partition coefficient (Wildman–Crippen LogP) is 2.91. The van der Waals surface area contributed by atoms with Crippen LogP contribution in [0.2, 0.25) is 0 Å². The van der Waals surface area contributed by atoms with Crippen LogP contribution in [0, 0.1) is 5.41 Å². The van der Waals surface area contributed by atoms with Gasteiger partial charge >= 0.3 is 0 Å². The molecule has 0 amide bonds. The van der Waals surface area contributed by atoms with Crippen LogP contribution >= 0.6 is 0 Å². The van der Waals surface area contributed by atoms with Crippen molar-refractivity contribution in [3.63, 3.8) is 0 Å². The second-order valence-electron chi connectivity index (χ2n) is 5.48. The lowest BCUT2D eigenvalue weighted by Gasteiger charge is -2.32. The van der Waals surface area contributed by atoms with Gasteiger partial charge in [0.15, 0.2) is 0 Å². The van der Waals surface area contributed by atoms with Crippen LogP contribution in [0.15, 0.2) is 11.6 Å². The molecule has 0 saturated heterocycles. The van der Waals surface area contributed by atoms with E-state index < -0.39 is 0 Å². The highest BCUT2D eigenvalue weighted by molar-refractivity contribution is 5.13. The first kappa shape index (κ1) is 12.7. The van der Waals surface area contributed by atoms with E-state index in [1.54, 1.807) is 6.92 Å². The number of aliphatic hydroxyl groups excluding tert-OH is 1. The van der Waals surface area contributed by atoms with E-state index in [2.05, 4.69) is 26.8 Å². The Bertz CT molecular complexity index is 229. The summed E-state index contributed by atoms with van der Waals surface area (Å²) in [5.41, 5.74) is 1.80. The largest absolute Gasteiger partial charge is 0.391 e. The highest BCUT2D eigenvalue weighted by Gasteiger charge is 2.25. The monoisotopic (exact) mass is 212 g/mol. The first-order chi connectivity index (χ1) is 6.91. The van der Waals surface area contributed by atoms with Gasteiger partial charge in [-0.3, -0.25) is 0 Å². The maximum Gasteiger partial charge on any atom is 0.0758 e. The predicted molar refractivity (Wildman–Crippen MR) is 62.8 cm³/mol. The van der Waals surface area contributed by atoms with Gasteiger partial charge in [0, 0.05) is 0 Å². The Kier molecular flexibility index (Phi) is 4.35. The zero-order valence-corrected chi connectivity index (χ0v) is 10.4. The van der Waals surface area contributed by atoms with Gasteiger partial charge in [-0.25, -0.2) is 0 Å². The molecule has 88 valence electrons. The van der Waals surface area contributed by atoms with Crippen molar-refractivity contribution in [3.8, 4) is 0 Å². The Morgan fingerprint density at radius 1 is 1.47 bits per heavy atom. The van der Waals surface area contributed by atoms with Crippen LogP contribution in [0.3, 0.4) is 0 Å². The smallest absolute Gasteiger partial charge is 0.0758 e. The van der Waals surface area contributed by atoms with Gasteiger partial charge in [-0.05, 0) is 44.1 Å². The number of rotatable bonds is 4. The molecule has 1 aliphatic carbocycles. The summed E-state index contributed by atoms with van der Waals surface area (Å²) in [5.74, 6) is 0. The average molecular weight is 212 g/mol.